The molecule has 0 saturated heterocycles. The Morgan fingerprint density at radius 1 is 1.14 bits per heavy atom. The highest BCUT2D eigenvalue weighted by Gasteiger charge is 2.32. The van der Waals surface area contributed by atoms with Crippen LogP contribution < -0.4 is 15.8 Å². The van der Waals surface area contributed by atoms with E-state index in [4.69, 9.17) is 10.5 Å². The fourth-order valence-electron chi connectivity index (χ4n) is 2.71. The highest BCUT2D eigenvalue weighted by Crippen LogP contribution is 2.29. The SMILES string of the molecule is COc1cc(C(C)N[C@H](N)c2ccccc2)nn1-c1ccc(C(F)(F)F)nc1. The first kappa shape index (κ1) is 19.8. The number of nitrogens with zero attached hydrogens (tertiary/aromatic N) is 3. The average molecular weight is 391 g/mol. The van der Waals surface area contributed by atoms with E-state index in [0.29, 0.717) is 17.3 Å². The van der Waals surface area contributed by atoms with Crippen molar-refractivity contribution in [3.05, 3.63) is 71.7 Å². The fourth-order valence-corrected chi connectivity index (χ4v) is 2.71. The first-order chi connectivity index (χ1) is 13.3. The van der Waals surface area contributed by atoms with Crippen LogP contribution in [-0.2, 0) is 6.18 Å². The first-order valence-electron chi connectivity index (χ1n) is 8.53. The number of nitrogens with two attached hydrogens (primary N) is 1. The van der Waals surface area contributed by atoms with Crippen LogP contribution in [-0.4, -0.2) is 21.9 Å². The molecule has 9 heteroatoms. The molecule has 3 N–H and O–H groups in total. The van der Waals surface area contributed by atoms with Gasteiger partial charge in [-0.2, -0.15) is 23.0 Å². The number of halogens is 3. The summed E-state index contributed by atoms with van der Waals surface area (Å²) < 4.78 is 44.8. The maximum atomic E-state index is 12.7. The summed E-state index contributed by atoms with van der Waals surface area (Å²) in [5.74, 6) is 0.374. The third-order valence-corrected chi connectivity index (χ3v) is 4.22. The number of aromatic nitrogens is 3. The molecule has 148 valence electrons. The molecule has 1 unspecified atom stereocenters. The lowest BCUT2D eigenvalue weighted by atomic mass is 10.1. The second-order valence-electron chi connectivity index (χ2n) is 6.20. The van der Waals surface area contributed by atoms with E-state index in [1.165, 1.54) is 17.9 Å². The van der Waals surface area contributed by atoms with Crippen molar-refractivity contribution < 1.29 is 17.9 Å². The summed E-state index contributed by atoms with van der Waals surface area (Å²) >= 11 is 0. The molecule has 3 rings (SSSR count). The van der Waals surface area contributed by atoms with E-state index in [2.05, 4.69) is 15.4 Å². The Labute approximate surface area is 160 Å². The van der Waals surface area contributed by atoms with Crippen molar-refractivity contribution in [1.82, 2.24) is 20.1 Å². The van der Waals surface area contributed by atoms with Gasteiger partial charge < -0.3 is 10.5 Å². The van der Waals surface area contributed by atoms with Crippen LogP contribution in [0.5, 0.6) is 5.88 Å². The van der Waals surface area contributed by atoms with E-state index in [0.717, 1.165) is 17.8 Å². The van der Waals surface area contributed by atoms with Crippen molar-refractivity contribution in [2.75, 3.05) is 7.11 Å². The minimum Gasteiger partial charge on any atom is -0.481 e. The number of alkyl halides is 3. The van der Waals surface area contributed by atoms with E-state index in [1.807, 2.05) is 37.3 Å². The van der Waals surface area contributed by atoms with Crippen LogP contribution >= 0.6 is 0 Å². The van der Waals surface area contributed by atoms with Gasteiger partial charge in [-0.25, -0.2) is 4.98 Å². The molecule has 2 heterocycles. The predicted octanol–water partition coefficient (Wildman–Crippen LogP) is 3.60. The monoisotopic (exact) mass is 391 g/mol. The quantitative estimate of drug-likeness (QED) is 0.628. The maximum Gasteiger partial charge on any atom is 0.433 e. The van der Waals surface area contributed by atoms with Gasteiger partial charge in [0.2, 0.25) is 5.88 Å². The molecule has 0 fully saturated rings. The van der Waals surface area contributed by atoms with Crippen LogP contribution in [0.2, 0.25) is 0 Å². The number of nitrogens with one attached hydrogen (secondary N) is 1. The van der Waals surface area contributed by atoms with Gasteiger partial charge in [0.15, 0.2) is 0 Å². The Balaban J connectivity index is 1.82. The molecule has 0 aliphatic rings. The molecule has 0 spiro atoms. The molecule has 2 aromatic heterocycles. The standard InChI is InChI=1S/C19H20F3N5O/c1-12(25-18(23)13-6-4-3-5-7-13)15-10-17(28-2)27(26-15)14-8-9-16(24-11-14)19(20,21)22/h3-12,18,25H,23H2,1-2H3/t12?,18-/m0/s1. The molecule has 0 aliphatic heterocycles. The summed E-state index contributed by atoms with van der Waals surface area (Å²) in [6.45, 7) is 1.89. The zero-order valence-electron chi connectivity index (χ0n) is 15.3. The molecule has 6 nitrogen and oxygen atoms in total. The molecule has 28 heavy (non-hydrogen) atoms. The Kier molecular flexibility index (Phi) is 5.66. The number of pyridine rings is 1. The predicted molar refractivity (Wildman–Crippen MR) is 97.8 cm³/mol. The Morgan fingerprint density at radius 2 is 1.86 bits per heavy atom. The minimum atomic E-state index is -4.50. The van der Waals surface area contributed by atoms with Crippen LogP contribution in [0.25, 0.3) is 5.69 Å². The lowest BCUT2D eigenvalue weighted by Crippen LogP contribution is -2.31. The molecule has 2 atom stereocenters. The lowest BCUT2D eigenvalue weighted by Gasteiger charge is -2.18. The molecular formula is C19H20F3N5O. The minimum absolute atomic E-state index is 0.229. The number of ether oxygens (including phenoxy) is 1. The highest BCUT2D eigenvalue weighted by molar-refractivity contribution is 5.35. The number of rotatable bonds is 6. The van der Waals surface area contributed by atoms with Crippen molar-refractivity contribution in [3.63, 3.8) is 0 Å². The summed E-state index contributed by atoms with van der Waals surface area (Å²) in [6.07, 6.45) is -3.79. The molecule has 0 amide bonds. The van der Waals surface area contributed by atoms with Gasteiger partial charge in [0.25, 0.3) is 0 Å². The molecule has 3 aromatic rings. The summed E-state index contributed by atoms with van der Waals surface area (Å²) in [6, 6.07) is 13.2. The van der Waals surface area contributed by atoms with E-state index in [1.54, 1.807) is 6.07 Å². The van der Waals surface area contributed by atoms with Crippen LogP contribution in [0, 0.1) is 0 Å². The first-order valence-corrected chi connectivity index (χ1v) is 8.53. The van der Waals surface area contributed by atoms with Crippen molar-refractivity contribution in [2.24, 2.45) is 5.73 Å². The van der Waals surface area contributed by atoms with Crippen molar-refractivity contribution >= 4 is 0 Å². The summed E-state index contributed by atoms with van der Waals surface area (Å²) in [5, 5.41) is 7.68. The second-order valence-corrected chi connectivity index (χ2v) is 6.20. The molecule has 0 aliphatic carbocycles. The molecule has 0 radical (unpaired) electrons. The van der Waals surface area contributed by atoms with E-state index >= 15 is 0 Å². The molecule has 0 bridgehead atoms. The van der Waals surface area contributed by atoms with Crippen molar-refractivity contribution in [3.8, 4) is 11.6 Å². The molecule has 1 aromatic carbocycles. The highest BCUT2D eigenvalue weighted by atomic mass is 19.4. The van der Waals surface area contributed by atoms with Crippen LogP contribution in [0.15, 0.2) is 54.7 Å². The lowest BCUT2D eigenvalue weighted by molar-refractivity contribution is -0.141. The zero-order chi connectivity index (χ0) is 20.3. The van der Waals surface area contributed by atoms with Crippen molar-refractivity contribution in [2.45, 2.75) is 25.3 Å². The van der Waals surface area contributed by atoms with E-state index in [-0.39, 0.29) is 6.04 Å². The van der Waals surface area contributed by atoms with Gasteiger partial charge in [0, 0.05) is 6.07 Å². The Morgan fingerprint density at radius 3 is 2.43 bits per heavy atom. The van der Waals surface area contributed by atoms with Gasteiger partial charge in [-0.3, -0.25) is 5.32 Å². The Hall–Kier alpha value is -2.91. The van der Waals surface area contributed by atoms with Crippen molar-refractivity contribution in [1.29, 1.82) is 0 Å². The van der Waals surface area contributed by atoms with Gasteiger partial charge in [0.05, 0.1) is 36.9 Å². The Bertz CT molecular complexity index is 910. The third-order valence-electron chi connectivity index (χ3n) is 4.22. The third kappa shape index (κ3) is 4.32. The normalized spacial score (nSPS) is 13.9. The maximum absolute atomic E-state index is 12.7. The van der Waals surface area contributed by atoms with Gasteiger partial charge in [-0.15, -0.1) is 0 Å². The molecular weight excluding hydrogens is 371 g/mol. The van der Waals surface area contributed by atoms with Crippen LogP contribution in [0.4, 0.5) is 13.2 Å². The second kappa shape index (κ2) is 7.99. The topological polar surface area (TPSA) is 78.0 Å². The number of benzene rings is 1. The van der Waals surface area contributed by atoms with Gasteiger partial charge in [0.1, 0.15) is 5.69 Å². The van der Waals surface area contributed by atoms with Gasteiger partial charge in [-0.05, 0) is 24.6 Å². The number of hydrogen-bond donors (Lipinski definition) is 2. The number of methoxy groups -OCH3 is 1. The van der Waals surface area contributed by atoms with Gasteiger partial charge in [-0.1, -0.05) is 30.3 Å². The fraction of sp³-hybridized carbons (Fsp3) is 0.263. The molecule has 0 saturated carbocycles. The summed E-state index contributed by atoms with van der Waals surface area (Å²) in [7, 11) is 1.46. The smallest absolute Gasteiger partial charge is 0.433 e. The van der Waals surface area contributed by atoms with E-state index in [9.17, 15) is 13.2 Å². The number of hydrogen-bond acceptors (Lipinski definition) is 5. The van der Waals surface area contributed by atoms with Crippen LogP contribution in [0.3, 0.4) is 0 Å². The summed E-state index contributed by atoms with van der Waals surface area (Å²) in [5.41, 5.74) is 7.13. The van der Waals surface area contributed by atoms with Crippen LogP contribution in [0.1, 0.15) is 36.1 Å². The van der Waals surface area contributed by atoms with E-state index < -0.39 is 18.0 Å². The largest absolute Gasteiger partial charge is 0.481 e. The average Bonchev–Trinajstić information content (AvgIpc) is 3.12. The summed E-state index contributed by atoms with van der Waals surface area (Å²) in [4.78, 5) is 3.47. The zero-order valence-corrected chi connectivity index (χ0v) is 15.3. The van der Waals surface area contributed by atoms with Gasteiger partial charge >= 0.3 is 6.18 Å².